The molecule has 0 radical (unpaired) electrons. The van der Waals surface area contributed by atoms with Crippen molar-refractivity contribution < 1.29 is 58.5 Å². The minimum Gasteiger partial charge on any atom is -0.450 e. The van der Waals surface area contributed by atoms with Gasteiger partial charge in [0.05, 0.1) is 0 Å². The van der Waals surface area contributed by atoms with Crippen molar-refractivity contribution in [3.05, 3.63) is 0 Å². The van der Waals surface area contributed by atoms with Crippen LogP contribution in [0.1, 0.15) is 0 Å². The first-order valence-corrected chi connectivity index (χ1v) is 3.83. The van der Waals surface area contributed by atoms with Crippen molar-refractivity contribution in [3.8, 4) is 0 Å². The molecule has 0 rings (SSSR count). The smallest absolute Gasteiger partial charge is 0.450 e. The zero-order valence-corrected chi connectivity index (χ0v) is 8.12. The molecule has 0 aromatic carbocycles. The first kappa shape index (κ1) is 17.6. The summed E-state index contributed by atoms with van der Waals surface area (Å²) in [6, 6.07) is 0. The molecule has 0 aromatic heterocycles. The van der Waals surface area contributed by atoms with Gasteiger partial charge in [-0.2, -0.15) is 43.9 Å². The average Bonchev–Trinajstić information content (AvgIpc) is 2.09. The lowest BCUT2D eigenvalue weighted by atomic mass is 10.0. The van der Waals surface area contributed by atoms with E-state index in [-0.39, 0.29) is 0 Å². The standard InChI is InChI=1S/C6H2F10O3/c7-3(8,5(11,12)13)1(19-2(17)18)4(9,10)6(14,15)16/h1H,(H,17,18). The summed E-state index contributed by atoms with van der Waals surface area (Å²) in [5.41, 5.74) is 0. The lowest BCUT2D eigenvalue weighted by molar-refractivity contribution is -0.383. The second-order valence-electron chi connectivity index (χ2n) is 3.01. The third-order valence-corrected chi connectivity index (χ3v) is 1.63. The second kappa shape index (κ2) is 4.59. The van der Waals surface area contributed by atoms with E-state index in [2.05, 4.69) is 4.74 Å². The van der Waals surface area contributed by atoms with Crippen molar-refractivity contribution >= 4 is 6.16 Å². The molecule has 0 spiro atoms. The highest BCUT2D eigenvalue weighted by molar-refractivity contribution is 5.57. The van der Waals surface area contributed by atoms with E-state index in [0.717, 1.165) is 0 Å². The van der Waals surface area contributed by atoms with Gasteiger partial charge in [-0.05, 0) is 0 Å². The van der Waals surface area contributed by atoms with Crippen molar-refractivity contribution in [1.82, 2.24) is 0 Å². The number of rotatable bonds is 3. The highest BCUT2D eigenvalue weighted by Gasteiger charge is 2.78. The van der Waals surface area contributed by atoms with Gasteiger partial charge < -0.3 is 9.84 Å². The van der Waals surface area contributed by atoms with Crippen molar-refractivity contribution in [1.29, 1.82) is 0 Å². The molecule has 0 atom stereocenters. The van der Waals surface area contributed by atoms with Gasteiger partial charge in [0.25, 0.3) is 6.10 Å². The Bertz CT molecular complexity index is 316. The van der Waals surface area contributed by atoms with Gasteiger partial charge in [-0.25, -0.2) is 4.79 Å². The number of ether oxygens (including phenoxy) is 1. The van der Waals surface area contributed by atoms with Gasteiger partial charge in [0, 0.05) is 0 Å². The van der Waals surface area contributed by atoms with Crippen LogP contribution in [0.3, 0.4) is 0 Å². The van der Waals surface area contributed by atoms with Crippen LogP contribution in [0.4, 0.5) is 48.7 Å². The molecule has 0 unspecified atom stereocenters. The Labute approximate surface area is 96.3 Å². The van der Waals surface area contributed by atoms with E-state index in [0.29, 0.717) is 0 Å². The fraction of sp³-hybridized carbons (Fsp3) is 0.833. The third-order valence-electron chi connectivity index (χ3n) is 1.63. The molecule has 0 bridgehead atoms. The van der Waals surface area contributed by atoms with Gasteiger partial charge in [0.2, 0.25) is 0 Å². The number of hydrogen-bond acceptors (Lipinski definition) is 2. The van der Waals surface area contributed by atoms with Crippen LogP contribution in [0.2, 0.25) is 0 Å². The van der Waals surface area contributed by atoms with Gasteiger partial charge in [-0.15, -0.1) is 0 Å². The summed E-state index contributed by atoms with van der Waals surface area (Å²) in [6.45, 7) is 0. The van der Waals surface area contributed by atoms with Gasteiger partial charge in [0.1, 0.15) is 0 Å². The first-order valence-electron chi connectivity index (χ1n) is 3.83. The summed E-state index contributed by atoms with van der Waals surface area (Å²) in [5.74, 6) is -13.5. The number of halogens is 10. The van der Waals surface area contributed by atoms with E-state index >= 15 is 0 Å². The fourth-order valence-corrected chi connectivity index (χ4v) is 0.774. The number of hydrogen-bond donors (Lipinski definition) is 1. The molecule has 114 valence electrons. The van der Waals surface area contributed by atoms with Gasteiger partial charge >= 0.3 is 30.4 Å². The quantitative estimate of drug-likeness (QED) is 0.641. The van der Waals surface area contributed by atoms with Crippen LogP contribution in [0.15, 0.2) is 0 Å². The van der Waals surface area contributed by atoms with Crippen LogP contribution < -0.4 is 0 Å². The third kappa shape index (κ3) is 3.32. The number of carbonyl (C=O) groups is 1. The summed E-state index contributed by atoms with van der Waals surface area (Å²) in [7, 11) is 0. The zero-order valence-electron chi connectivity index (χ0n) is 8.12. The van der Waals surface area contributed by atoms with Crippen molar-refractivity contribution in [3.63, 3.8) is 0 Å². The largest absolute Gasteiger partial charge is 0.506 e. The second-order valence-corrected chi connectivity index (χ2v) is 3.01. The molecule has 0 saturated carbocycles. The molecule has 1 N–H and O–H groups in total. The monoisotopic (exact) mass is 312 g/mol. The topological polar surface area (TPSA) is 46.5 Å². The minimum atomic E-state index is -6.87. The average molecular weight is 312 g/mol. The molecule has 0 fully saturated rings. The highest BCUT2D eigenvalue weighted by Crippen LogP contribution is 2.49. The Hall–Kier alpha value is -1.43. The molecular formula is C6H2F10O3. The molecule has 0 aliphatic heterocycles. The van der Waals surface area contributed by atoms with Crippen LogP contribution in [0, 0.1) is 0 Å². The Morgan fingerprint density at radius 1 is 0.789 bits per heavy atom. The van der Waals surface area contributed by atoms with E-state index in [4.69, 9.17) is 5.11 Å². The maximum atomic E-state index is 12.5. The lowest BCUT2D eigenvalue weighted by Crippen LogP contribution is -2.61. The van der Waals surface area contributed by atoms with E-state index < -0.39 is 36.5 Å². The van der Waals surface area contributed by atoms with E-state index in [1.807, 2.05) is 0 Å². The lowest BCUT2D eigenvalue weighted by Gasteiger charge is -2.33. The normalized spacial score (nSPS) is 14.7. The van der Waals surface area contributed by atoms with Crippen molar-refractivity contribution in [2.24, 2.45) is 0 Å². The minimum absolute atomic E-state index is 2.41. The molecule has 0 aliphatic carbocycles. The predicted octanol–water partition coefficient (Wildman–Crippen LogP) is 3.44. The van der Waals surface area contributed by atoms with E-state index in [9.17, 15) is 48.7 Å². The summed E-state index contributed by atoms with van der Waals surface area (Å²) in [4.78, 5) is 9.73. The van der Waals surface area contributed by atoms with Gasteiger partial charge in [0.15, 0.2) is 0 Å². The SMILES string of the molecule is O=C(O)OC(C(F)(F)C(F)(F)F)C(F)(F)C(F)(F)F. The number of alkyl halides is 10. The van der Waals surface area contributed by atoms with Crippen LogP contribution in [0.5, 0.6) is 0 Å². The zero-order chi connectivity index (χ0) is 15.9. The molecular weight excluding hydrogens is 310 g/mol. The van der Waals surface area contributed by atoms with Crippen LogP contribution in [0.25, 0.3) is 0 Å². The Kier molecular flexibility index (Phi) is 4.25. The van der Waals surface area contributed by atoms with Crippen LogP contribution >= 0.6 is 0 Å². The maximum Gasteiger partial charge on any atom is 0.506 e. The summed E-state index contributed by atoms with van der Waals surface area (Å²) >= 11 is 0. The fourth-order valence-electron chi connectivity index (χ4n) is 0.774. The van der Waals surface area contributed by atoms with E-state index in [1.54, 1.807) is 0 Å². The van der Waals surface area contributed by atoms with Gasteiger partial charge in [-0.3, -0.25) is 0 Å². The highest BCUT2D eigenvalue weighted by atomic mass is 19.4. The van der Waals surface area contributed by atoms with E-state index in [1.165, 1.54) is 0 Å². The Balaban J connectivity index is 5.79. The maximum absolute atomic E-state index is 12.5. The molecule has 3 nitrogen and oxygen atoms in total. The summed E-state index contributed by atoms with van der Waals surface area (Å²) in [5, 5.41) is 7.72. The molecule has 0 saturated heterocycles. The molecule has 19 heavy (non-hydrogen) atoms. The first-order chi connectivity index (χ1) is 8.05. The summed E-state index contributed by atoms with van der Waals surface area (Å²) < 4.78 is 123. The van der Waals surface area contributed by atoms with Crippen molar-refractivity contribution in [2.45, 2.75) is 30.3 Å². The van der Waals surface area contributed by atoms with Gasteiger partial charge in [-0.1, -0.05) is 0 Å². The molecule has 0 heterocycles. The molecule has 0 aromatic rings. The molecule has 13 heteroatoms. The Morgan fingerprint density at radius 2 is 1.05 bits per heavy atom. The summed E-state index contributed by atoms with van der Waals surface area (Å²) in [6.07, 6.45) is -22.2. The Morgan fingerprint density at radius 3 is 1.21 bits per heavy atom. The van der Waals surface area contributed by atoms with Crippen molar-refractivity contribution in [2.75, 3.05) is 0 Å². The van der Waals surface area contributed by atoms with Crippen LogP contribution in [-0.2, 0) is 4.74 Å². The van der Waals surface area contributed by atoms with Crippen LogP contribution in [-0.4, -0.2) is 41.6 Å². The molecule has 0 aliphatic rings. The molecule has 0 amide bonds. The predicted molar refractivity (Wildman–Crippen MR) is 34.9 cm³/mol. The number of carboxylic acid groups (broad SMARTS) is 1.